The van der Waals surface area contributed by atoms with Gasteiger partial charge >= 0.3 is 0 Å². The van der Waals surface area contributed by atoms with Crippen LogP contribution in [0.2, 0.25) is 5.02 Å². The third kappa shape index (κ3) is 3.41. The Morgan fingerprint density at radius 2 is 2.30 bits per heavy atom. The highest BCUT2D eigenvalue weighted by molar-refractivity contribution is 6.33. The van der Waals surface area contributed by atoms with Gasteiger partial charge < -0.3 is 15.4 Å². The van der Waals surface area contributed by atoms with Gasteiger partial charge in [0, 0.05) is 13.7 Å². The van der Waals surface area contributed by atoms with E-state index in [1.165, 1.54) is 0 Å². The van der Waals surface area contributed by atoms with Gasteiger partial charge in [-0.3, -0.25) is 4.79 Å². The molecule has 2 rings (SSSR count). The Balaban J connectivity index is 2.10. The van der Waals surface area contributed by atoms with E-state index in [0.29, 0.717) is 10.8 Å². The number of anilines is 1. The summed E-state index contributed by atoms with van der Waals surface area (Å²) < 4.78 is 5.37. The quantitative estimate of drug-likeness (QED) is 0.876. The van der Waals surface area contributed by atoms with Crippen LogP contribution in [0.4, 0.5) is 5.82 Å². The number of nitrogens with one attached hydrogen (secondary N) is 2. The first-order valence-corrected chi connectivity index (χ1v) is 7.27. The number of ether oxygens (including phenoxy) is 1. The van der Waals surface area contributed by atoms with Crippen molar-refractivity contribution >= 4 is 23.3 Å². The van der Waals surface area contributed by atoms with Gasteiger partial charge in [0.05, 0.1) is 17.2 Å². The zero-order valence-electron chi connectivity index (χ0n) is 11.8. The molecule has 2 N–H and O–H groups in total. The Morgan fingerprint density at radius 1 is 1.50 bits per heavy atom. The van der Waals surface area contributed by atoms with E-state index in [2.05, 4.69) is 15.6 Å². The maximum Gasteiger partial charge on any atom is 0.271 e. The minimum absolute atomic E-state index is 0.0353. The maximum absolute atomic E-state index is 12.3. The first kappa shape index (κ1) is 15.1. The molecule has 0 spiro atoms. The number of pyridine rings is 1. The third-order valence-electron chi connectivity index (χ3n) is 3.49. The van der Waals surface area contributed by atoms with Crippen molar-refractivity contribution in [1.82, 2.24) is 10.3 Å². The number of hydrogen-bond acceptors (Lipinski definition) is 4. The van der Waals surface area contributed by atoms with Crippen molar-refractivity contribution in [2.75, 3.05) is 19.0 Å². The van der Waals surface area contributed by atoms with Crippen LogP contribution in [0.5, 0.6) is 0 Å². The normalized spacial score (nSPS) is 21.8. The van der Waals surface area contributed by atoms with Crippen molar-refractivity contribution in [3.63, 3.8) is 0 Å². The highest BCUT2D eigenvalue weighted by atomic mass is 35.5. The minimum Gasteiger partial charge on any atom is -0.379 e. The number of nitrogens with zero attached hydrogens (tertiary/aromatic N) is 1. The topological polar surface area (TPSA) is 63.2 Å². The van der Waals surface area contributed by atoms with Gasteiger partial charge in [-0.25, -0.2) is 4.98 Å². The van der Waals surface area contributed by atoms with Crippen LogP contribution in [-0.4, -0.2) is 36.7 Å². The summed E-state index contributed by atoms with van der Waals surface area (Å²) in [6.07, 6.45) is 3.03. The number of aromatic nitrogens is 1. The molecule has 5 nitrogen and oxygen atoms in total. The summed E-state index contributed by atoms with van der Waals surface area (Å²) in [7, 11) is 1.67. The molecule has 1 aromatic heterocycles. The predicted molar refractivity (Wildman–Crippen MR) is 79.3 cm³/mol. The number of hydrogen-bond donors (Lipinski definition) is 2. The van der Waals surface area contributed by atoms with Gasteiger partial charge in [-0.1, -0.05) is 11.6 Å². The second kappa shape index (κ2) is 6.90. The van der Waals surface area contributed by atoms with Crippen LogP contribution < -0.4 is 10.6 Å². The van der Waals surface area contributed by atoms with Crippen LogP contribution >= 0.6 is 11.6 Å². The average molecular weight is 298 g/mol. The molecule has 0 saturated heterocycles. The summed E-state index contributed by atoms with van der Waals surface area (Å²) in [6, 6.07) is 3.48. The van der Waals surface area contributed by atoms with E-state index in [9.17, 15) is 4.79 Å². The van der Waals surface area contributed by atoms with E-state index < -0.39 is 0 Å². The molecule has 0 aliphatic heterocycles. The number of amides is 1. The monoisotopic (exact) mass is 297 g/mol. The second-order valence-electron chi connectivity index (χ2n) is 4.84. The lowest BCUT2D eigenvalue weighted by molar-refractivity contribution is 0.0719. The largest absolute Gasteiger partial charge is 0.379 e. The zero-order chi connectivity index (χ0) is 14.5. The lowest BCUT2D eigenvalue weighted by Crippen LogP contribution is -2.41. The molecule has 2 unspecified atom stereocenters. The molecular formula is C14H20ClN3O2. The summed E-state index contributed by atoms with van der Waals surface area (Å²) in [5, 5.41) is 6.39. The Hall–Kier alpha value is -1.33. The second-order valence-corrected chi connectivity index (χ2v) is 5.25. The molecule has 0 bridgehead atoms. The first-order chi connectivity index (χ1) is 9.65. The summed E-state index contributed by atoms with van der Waals surface area (Å²) in [6.45, 7) is 2.71. The van der Waals surface area contributed by atoms with Gasteiger partial charge in [0.2, 0.25) is 0 Å². The highest BCUT2D eigenvalue weighted by Gasteiger charge is 2.29. The molecule has 0 radical (unpaired) electrons. The minimum atomic E-state index is -0.247. The van der Waals surface area contributed by atoms with Crippen molar-refractivity contribution in [2.45, 2.75) is 38.3 Å². The molecule has 1 aromatic rings. The molecular weight excluding hydrogens is 278 g/mol. The smallest absolute Gasteiger partial charge is 0.271 e. The molecule has 1 fully saturated rings. The molecule has 20 heavy (non-hydrogen) atoms. The molecule has 1 aliphatic rings. The highest BCUT2D eigenvalue weighted by Crippen LogP contribution is 2.23. The number of halogens is 1. The molecule has 110 valence electrons. The molecule has 1 aliphatic carbocycles. The van der Waals surface area contributed by atoms with Crippen molar-refractivity contribution in [1.29, 1.82) is 0 Å². The molecule has 6 heteroatoms. The Bertz CT molecular complexity index is 481. The van der Waals surface area contributed by atoms with Gasteiger partial charge in [0.15, 0.2) is 0 Å². The van der Waals surface area contributed by atoms with Gasteiger partial charge in [-0.15, -0.1) is 0 Å². The van der Waals surface area contributed by atoms with Crippen LogP contribution in [0.3, 0.4) is 0 Å². The standard InChI is InChI=1S/C14H20ClN3O2/c1-3-16-12-8-7-9(15)13(18-12)14(19)17-10-5-4-6-11(10)20-2/h7-8,10-11H,3-6H2,1-2H3,(H,16,18)(H,17,19). The SMILES string of the molecule is CCNc1ccc(Cl)c(C(=O)NC2CCCC2OC)n1. The van der Waals surface area contributed by atoms with Crippen LogP contribution in [0.15, 0.2) is 12.1 Å². The van der Waals surface area contributed by atoms with Crippen LogP contribution in [0, 0.1) is 0 Å². The fourth-order valence-electron chi connectivity index (χ4n) is 2.49. The lowest BCUT2D eigenvalue weighted by Gasteiger charge is -2.19. The van der Waals surface area contributed by atoms with Crippen LogP contribution in [0.25, 0.3) is 0 Å². The first-order valence-electron chi connectivity index (χ1n) is 6.89. The number of methoxy groups -OCH3 is 1. The molecule has 1 amide bonds. The molecule has 0 aromatic carbocycles. The lowest BCUT2D eigenvalue weighted by atomic mass is 10.2. The van der Waals surface area contributed by atoms with E-state index in [4.69, 9.17) is 16.3 Å². The molecule has 1 heterocycles. The van der Waals surface area contributed by atoms with E-state index in [-0.39, 0.29) is 23.7 Å². The van der Waals surface area contributed by atoms with Gasteiger partial charge in [0.1, 0.15) is 11.5 Å². The van der Waals surface area contributed by atoms with Crippen LogP contribution in [-0.2, 0) is 4.74 Å². The third-order valence-corrected chi connectivity index (χ3v) is 3.80. The summed E-state index contributed by atoms with van der Waals surface area (Å²) >= 11 is 6.06. The van der Waals surface area contributed by atoms with E-state index in [0.717, 1.165) is 25.8 Å². The zero-order valence-corrected chi connectivity index (χ0v) is 12.5. The van der Waals surface area contributed by atoms with Gasteiger partial charge in [-0.05, 0) is 38.3 Å². The van der Waals surface area contributed by atoms with Crippen LogP contribution in [0.1, 0.15) is 36.7 Å². The molecule has 2 atom stereocenters. The fraction of sp³-hybridized carbons (Fsp3) is 0.571. The Kier molecular flexibility index (Phi) is 5.20. The number of rotatable bonds is 5. The van der Waals surface area contributed by atoms with E-state index in [1.54, 1.807) is 19.2 Å². The van der Waals surface area contributed by atoms with Crippen molar-refractivity contribution in [3.8, 4) is 0 Å². The Morgan fingerprint density at radius 3 is 3.00 bits per heavy atom. The average Bonchev–Trinajstić information content (AvgIpc) is 2.88. The van der Waals surface area contributed by atoms with E-state index >= 15 is 0 Å². The van der Waals surface area contributed by atoms with Crippen molar-refractivity contribution in [2.24, 2.45) is 0 Å². The molecule has 1 saturated carbocycles. The summed E-state index contributed by atoms with van der Waals surface area (Å²) in [5.41, 5.74) is 0.256. The fourth-order valence-corrected chi connectivity index (χ4v) is 2.68. The van der Waals surface area contributed by atoms with E-state index in [1.807, 2.05) is 6.92 Å². The summed E-state index contributed by atoms with van der Waals surface area (Å²) in [4.78, 5) is 16.6. The van der Waals surface area contributed by atoms with Crippen molar-refractivity contribution < 1.29 is 9.53 Å². The summed E-state index contributed by atoms with van der Waals surface area (Å²) in [5.74, 6) is 0.403. The predicted octanol–water partition coefficient (Wildman–Crippen LogP) is 2.46. The Labute approximate surface area is 124 Å². The number of carbonyl (C=O) groups excluding carboxylic acids is 1. The van der Waals surface area contributed by atoms with Gasteiger partial charge in [0.25, 0.3) is 5.91 Å². The maximum atomic E-state index is 12.3. The van der Waals surface area contributed by atoms with Crippen molar-refractivity contribution in [3.05, 3.63) is 22.8 Å². The van der Waals surface area contributed by atoms with Gasteiger partial charge in [-0.2, -0.15) is 0 Å². The number of carbonyl (C=O) groups is 1.